The van der Waals surface area contributed by atoms with Crippen LogP contribution in [0.4, 0.5) is 4.79 Å². The molecule has 0 spiro atoms. The van der Waals surface area contributed by atoms with E-state index in [1.54, 1.807) is 24.3 Å². The highest BCUT2D eigenvalue weighted by atomic mass is 16.5. The minimum absolute atomic E-state index is 0.227. The molecule has 0 heterocycles. The molecule has 0 aliphatic heterocycles. The normalized spacial score (nSPS) is 10.2. The van der Waals surface area contributed by atoms with Crippen LogP contribution in [-0.4, -0.2) is 19.7 Å². The number of alkyl carbamates (subject to hydrolysis) is 1. The van der Waals surface area contributed by atoms with Gasteiger partial charge in [-0.15, -0.1) is 0 Å². The molecule has 2 rings (SSSR count). The highest BCUT2D eigenvalue weighted by molar-refractivity contribution is 5.68. The van der Waals surface area contributed by atoms with Gasteiger partial charge in [0.25, 0.3) is 0 Å². The molecule has 0 aromatic heterocycles. The summed E-state index contributed by atoms with van der Waals surface area (Å²) in [5, 5.41) is 11.8. The molecule has 0 aliphatic rings. The fraction of sp³-hybridized carbons (Fsp3) is 0.158. The van der Waals surface area contributed by atoms with Gasteiger partial charge in [-0.2, -0.15) is 5.26 Å². The van der Waals surface area contributed by atoms with E-state index >= 15 is 0 Å². The summed E-state index contributed by atoms with van der Waals surface area (Å²) in [5.41, 5.74) is 2.12. The van der Waals surface area contributed by atoms with Gasteiger partial charge in [0.2, 0.25) is 0 Å². The van der Waals surface area contributed by atoms with E-state index in [1.165, 1.54) is 7.11 Å². The number of carbonyl (C=O) groups excluding carboxylic acids is 1. The van der Waals surface area contributed by atoms with Crippen molar-refractivity contribution in [3.63, 3.8) is 0 Å². The second-order valence-corrected chi connectivity index (χ2v) is 4.88. The Morgan fingerprint density at radius 2 is 2.00 bits per heavy atom. The zero-order valence-corrected chi connectivity index (χ0v) is 13.4. The first-order chi connectivity index (χ1) is 11.7. The number of rotatable bonds is 6. The van der Waals surface area contributed by atoms with E-state index in [0.29, 0.717) is 17.9 Å². The molecule has 24 heavy (non-hydrogen) atoms. The fourth-order valence-electron chi connectivity index (χ4n) is 2.08. The van der Waals surface area contributed by atoms with Gasteiger partial charge in [0.1, 0.15) is 24.0 Å². The first-order valence-corrected chi connectivity index (χ1v) is 7.42. The monoisotopic (exact) mass is 322 g/mol. The number of benzene rings is 2. The molecule has 0 saturated carbocycles. The van der Waals surface area contributed by atoms with Crippen molar-refractivity contribution in [2.75, 3.05) is 13.7 Å². The zero-order chi connectivity index (χ0) is 17.2. The summed E-state index contributed by atoms with van der Waals surface area (Å²) < 4.78 is 10.3. The van der Waals surface area contributed by atoms with E-state index in [4.69, 9.17) is 9.47 Å². The Morgan fingerprint density at radius 1 is 1.21 bits per heavy atom. The minimum atomic E-state index is -0.491. The topological polar surface area (TPSA) is 71.3 Å². The summed E-state index contributed by atoms with van der Waals surface area (Å²) in [6.45, 7) is 0.528. The molecule has 0 aliphatic carbocycles. The van der Waals surface area contributed by atoms with Crippen LogP contribution in [0.1, 0.15) is 16.7 Å². The van der Waals surface area contributed by atoms with Gasteiger partial charge in [0, 0.05) is 6.54 Å². The molecule has 1 amide bonds. The van der Waals surface area contributed by atoms with Crippen LogP contribution in [-0.2, 0) is 11.3 Å². The number of methoxy groups -OCH3 is 1. The largest absolute Gasteiger partial charge is 0.495 e. The molecule has 5 heteroatoms. The van der Waals surface area contributed by atoms with Gasteiger partial charge in [-0.25, -0.2) is 4.79 Å². The smallest absolute Gasteiger partial charge is 0.407 e. The Labute approximate surface area is 141 Å². The van der Waals surface area contributed by atoms with Crippen LogP contribution in [0.25, 0.3) is 6.08 Å². The van der Waals surface area contributed by atoms with Crippen LogP contribution in [0.5, 0.6) is 5.75 Å². The Bertz CT molecular complexity index is 749. The quantitative estimate of drug-likeness (QED) is 0.883. The van der Waals surface area contributed by atoms with Crippen LogP contribution >= 0.6 is 0 Å². The lowest BCUT2D eigenvalue weighted by Crippen LogP contribution is -2.24. The number of hydrogen-bond acceptors (Lipinski definition) is 4. The predicted octanol–water partition coefficient (Wildman–Crippen LogP) is 3.51. The van der Waals surface area contributed by atoms with Crippen LogP contribution < -0.4 is 10.1 Å². The summed E-state index contributed by atoms with van der Waals surface area (Å²) in [5.74, 6) is 0.523. The van der Waals surface area contributed by atoms with E-state index in [1.807, 2.05) is 36.4 Å². The molecule has 0 saturated heterocycles. The third-order valence-electron chi connectivity index (χ3n) is 3.26. The van der Waals surface area contributed by atoms with Crippen molar-refractivity contribution in [1.82, 2.24) is 5.32 Å². The number of hydrogen-bond donors (Lipinski definition) is 1. The number of ether oxygens (including phenoxy) is 2. The van der Waals surface area contributed by atoms with Gasteiger partial charge >= 0.3 is 6.09 Å². The summed E-state index contributed by atoms with van der Waals surface area (Å²) in [4.78, 5) is 11.6. The van der Waals surface area contributed by atoms with Crippen LogP contribution in [0.2, 0.25) is 0 Å². The maximum Gasteiger partial charge on any atom is 0.407 e. The van der Waals surface area contributed by atoms with Crippen LogP contribution in [0.15, 0.2) is 54.6 Å². The summed E-state index contributed by atoms with van der Waals surface area (Å²) in [6.07, 6.45) is 3.02. The van der Waals surface area contributed by atoms with Gasteiger partial charge in [0.05, 0.1) is 7.11 Å². The van der Waals surface area contributed by atoms with Crippen molar-refractivity contribution >= 4 is 12.2 Å². The molecule has 122 valence electrons. The lowest BCUT2D eigenvalue weighted by molar-refractivity contribution is 0.141. The van der Waals surface area contributed by atoms with Crippen molar-refractivity contribution in [2.24, 2.45) is 0 Å². The van der Waals surface area contributed by atoms with Gasteiger partial charge in [-0.05, 0) is 17.2 Å². The predicted molar refractivity (Wildman–Crippen MR) is 91.4 cm³/mol. The first kappa shape index (κ1) is 17.1. The average Bonchev–Trinajstić information content (AvgIpc) is 2.64. The maximum absolute atomic E-state index is 11.6. The Hall–Kier alpha value is -3.26. The standard InChI is InChI=1S/C19H18N2O3/c1-23-18-11-5-9-16(17(18)13-20)10-6-12-21-19(22)24-14-15-7-3-2-4-8-15/h2-11H,12,14H2,1H3,(H,21,22). The molecular weight excluding hydrogens is 304 g/mol. The molecule has 0 radical (unpaired) electrons. The van der Waals surface area contributed by atoms with E-state index in [0.717, 1.165) is 11.1 Å². The van der Waals surface area contributed by atoms with E-state index in [9.17, 15) is 10.1 Å². The number of nitrogens with one attached hydrogen (secondary N) is 1. The van der Waals surface area contributed by atoms with Gasteiger partial charge in [0.15, 0.2) is 0 Å². The lowest BCUT2D eigenvalue weighted by Gasteiger charge is -2.06. The number of nitriles is 1. The molecule has 2 aromatic carbocycles. The third kappa shape index (κ3) is 4.89. The Kier molecular flexibility index (Phi) is 6.42. The summed E-state index contributed by atoms with van der Waals surface area (Å²) in [7, 11) is 1.52. The maximum atomic E-state index is 11.6. The van der Waals surface area contributed by atoms with Crippen molar-refractivity contribution in [3.05, 3.63) is 71.3 Å². The minimum Gasteiger partial charge on any atom is -0.495 e. The van der Waals surface area contributed by atoms with Crippen LogP contribution in [0, 0.1) is 11.3 Å². The third-order valence-corrected chi connectivity index (χ3v) is 3.26. The molecule has 5 nitrogen and oxygen atoms in total. The highest BCUT2D eigenvalue weighted by Gasteiger charge is 2.05. The van der Waals surface area contributed by atoms with Gasteiger partial charge in [-0.3, -0.25) is 0 Å². The van der Waals surface area contributed by atoms with E-state index in [-0.39, 0.29) is 6.61 Å². The van der Waals surface area contributed by atoms with Gasteiger partial charge in [-0.1, -0.05) is 54.6 Å². The highest BCUT2D eigenvalue weighted by Crippen LogP contribution is 2.21. The second kappa shape index (κ2) is 9.01. The van der Waals surface area contributed by atoms with Crippen molar-refractivity contribution in [1.29, 1.82) is 5.26 Å². The summed E-state index contributed by atoms with van der Waals surface area (Å²) >= 11 is 0. The molecule has 0 atom stereocenters. The SMILES string of the molecule is COc1cccc(C=CCNC(=O)OCc2ccccc2)c1C#N. The molecule has 0 bridgehead atoms. The van der Waals surface area contributed by atoms with Gasteiger partial charge < -0.3 is 14.8 Å². The number of nitrogens with zero attached hydrogens (tertiary/aromatic N) is 1. The van der Waals surface area contributed by atoms with Crippen molar-refractivity contribution in [2.45, 2.75) is 6.61 Å². The molecular formula is C19H18N2O3. The zero-order valence-electron chi connectivity index (χ0n) is 13.4. The molecule has 0 unspecified atom stereocenters. The van der Waals surface area contributed by atoms with E-state index in [2.05, 4.69) is 11.4 Å². The van der Waals surface area contributed by atoms with Crippen molar-refractivity contribution < 1.29 is 14.3 Å². The Balaban J connectivity index is 1.82. The second-order valence-electron chi connectivity index (χ2n) is 4.88. The van der Waals surface area contributed by atoms with Crippen molar-refractivity contribution in [3.8, 4) is 11.8 Å². The van der Waals surface area contributed by atoms with E-state index < -0.39 is 6.09 Å². The Morgan fingerprint density at radius 3 is 2.71 bits per heavy atom. The summed E-state index contributed by atoms with van der Waals surface area (Å²) in [6, 6.07) is 16.9. The van der Waals surface area contributed by atoms with Crippen LogP contribution in [0.3, 0.4) is 0 Å². The fourth-order valence-corrected chi connectivity index (χ4v) is 2.08. The first-order valence-electron chi connectivity index (χ1n) is 7.42. The number of amides is 1. The molecule has 2 aromatic rings. The molecule has 0 fully saturated rings. The average molecular weight is 322 g/mol. The molecule has 1 N–H and O–H groups in total. The number of carbonyl (C=O) groups is 1. The lowest BCUT2D eigenvalue weighted by atomic mass is 10.1.